The van der Waals surface area contributed by atoms with Crippen molar-refractivity contribution in [2.75, 3.05) is 7.05 Å². The molecule has 1 fully saturated rings. The summed E-state index contributed by atoms with van der Waals surface area (Å²) in [6, 6.07) is -0.708. The molecule has 0 saturated heterocycles. The van der Waals surface area contributed by atoms with Crippen LogP contribution in [0.2, 0.25) is 0 Å². The summed E-state index contributed by atoms with van der Waals surface area (Å²) >= 11 is 0. The van der Waals surface area contributed by atoms with Gasteiger partial charge in [0.15, 0.2) is 0 Å². The topological polar surface area (TPSA) is 96.6 Å². The minimum atomic E-state index is -0.708. The highest BCUT2D eigenvalue weighted by molar-refractivity contribution is 6.05. The number of urea groups is 1. The number of amides is 3. The SMILES string of the molecule is CNC(=O)C1CCC/C1=N/NC(N)=O. The molecule has 1 atom stereocenters. The standard InChI is InChI=1S/C8H14N4O2/c1-10-7(13)5-3-2-4-6(5)11-12-8(9)14/h5H,2-4H2,1H3,(H,10,13)(H3,9,12,14)/b11-6-. The highest BCUT2D eigenvalue weighted by atomic mass is 16.2. The molecule has 0 heterocycles. The second kappa shape index (κ2) is 4.59. The number of hydrazone groups is 1. The number of nitrogens with one attached hydrogen (secondary N) is 2. The first-order chi connectivity index (χ1) is 6.65. The summed E-state index contributed by atoms with van der Waals surface area (Å²) in [5.41, 5.74) is 7.71. The number of hydrogen-bond acceptors (Lipinski definition) is 3. The van der Waals surface area contributed by atoms with Gasteiger partial charge < -0.3 is 11.1 Å². The van der Waals surface area contributed by atoms with E-state index in [4.69, 9.17) is 5.73 Å². The summed E-state index contributed by atoms with van der Waals surface area (Å²) in [6.07, 6.45) is 2.43. The molecule has 0 aromatic heterocycles. The van der Waals surface area contributed by atoms with Crippen LogP contribution in [0.5, 0.6) is 0 Å². The summed E-state index contributed by atoms with van der Waals surface area (Å²) in [4.78, 5) is 21.7. The number of nitrogens with two attached hydrogens (primary N) is 1. The zero-order chi connectivity index (χ0) is 10.6. The van der Waals surface area contributed by atoms with E-state index < -0.39 is 6.03 Å². The van der Waals surface area contributed by atoms with E-state index in [0.29, 0.717) is 5.71 Å². The number of rotatable bonds is 2. The van der Waals surface area contributed by atoms with Crippen molar-refractivity contribution < 1.29 is 9.59 Å². The van der Waals surface area contributed by atoms with Gasteiger partial charge in [-0.1, -0.05) is 0 Å². The van der Waals surface area contributed by atoms with Crippen LogP contribution in [0.4, 0.5) is 4.79 Å². The molecule has 0 radical (unpaired) electrons. The molecule has 0 aromatic carbocycles. The van der Waals surface area contributed by atoms with Crippen LogP contribution in [0.25, 0.3) is 0 Å². The zero-order valence-corrected chi connectivity index (χ0v) is 8.04. The molecule has 1 saturated carbocycles. The van der Waals surface area contributed by atoms with Crippen molar-refractivity contribution in [1.82, 2.24) is 10.7 Å². The minimum Gasteiger partial charge on any atom is -0.359 e. The van der Waals surface area contributed by atoms with Crippen LogP contribution in [-0.4, -0.2) is 24.7 Å². The van der Waals surface area contributed by atoms with Gasteiger partial charge in [0.2, 0.25) is 5.91 Å². The van der Waals surface area contributed by atoms with Gasteiger partial charge in [-0.05, 0) is 19.3 Å². The number of hydrogen-bond donors (Lipinski definition) is 3. The molecule has 14 heavy (non-hydrogen) atoms. The van der Waals surface area contributed by atoms with Gasteiger partial charge >= 0.3 is 6.03 Å². The van der Waals surface area contributed by atoms with Crippen LogP contribution in [0.15, 0.2) is 5.10 Å². The summed E-state index contributed by atoms with van der Waals surface area (Å²) in [5.74, 6) is -0.278. The molecule has 1 aliphatic rings. The van der Waals surface area contributed by atoms with Gasteiger partial charge in [0.1, 0.15) is 0 Å². The first kappa shape index (κ1) is 10.5. The minimum absolute atomic E-state index is 0.0625. The molecule has 0 aliphatic heterocycles. The first-order valence-corrected chi connectivity index (χ1v) is 4.48. The molecule has 0 aromatic rings. The third-order valence-electron chi connectivity index (χ3n) is 2.20. The predicted octanol–water partition coefficient (Wildman–Crippen LogP) is -0.443. The average molecular weight is 198 g/mol. The summed E-state index contributed by atoms with van der Waals surface area (Å²) < 4.78 is 0. The van der Waals surface area contributed by atoms with Crippen molar-refractivity contribution in [3.63, 3.8) is 0 Å². The van der Waals surface area contributed by atoms with E-state index in [1.807, 2.05) is 0 Å². The molecule has 0 spiro atoms. The second-order valence-corrected chi connectivity index (χ2v) is 3.14. The summed E-state index contributed by atoms with van der Waals surface area (Å²) in [6.45, 7) is 0. The maximum absolute atomic E-state index is 11.3. The summed E-state index contributed by atoms with van der Waals surface area (Å²) in [5, 5.41) is 6.37. The molecular weight excluding hydrogens is 184 g/mol. The second-order valence-electron chi connectivity index (χ2n) is 3.14. The lowest BCUT2D eigenvalue weighted by Gasteiger charge is -2.08. The molecule has 6 nitrogen and oxygen atoms in total. The Kier molecular flexibility index (Phi) is 3.44. The smallest absolute Gasteiger partial charge is 0.332 e. The van der Waals surface area contributed by atoms with E-state index in [1.165, 1.54) is 0 Å². The Morgan fingerprint density at radius 3 is 2.86 bits per heavy atom. The maximum Gasteiger partial charge on any atom is 0.332 e. The van der Waals surface area contributed by atoms with Crippen molar-refractivity contribution in [2.45, 2.75) is 19.3 Å². The molecule has 0 bridgehead atoms. The van der Waals surface area contributed by atoms with E-state index >= 15 is 0 Å². The highest BCUT2D eigenvalue weighted by Crippen LogP contribution is 2.22. The van der Waals surface area contributed by atoms with Gasteiger partial charge in [0, 0.05) is 7.05 Å². The van der Waals surface area contributed by atoms with E-state index in [2.05, 4.69) is 15.8 Å². The molecule has 78 valence electrons. The Hall–Kier alpha value is -1.59. The van der Waals surface area contributed by atoms with Crippen LogP contribution in [0, 0.1) is 5.92 Å². The van der Waals surface area contributed by atoms with E-state index in [0.717, 1.165) is 19.3 Å². The van der Waals surface area contributed by atoms with Gasteiger partial charge in [-0.15, -0.1) is 0 Å². The fraction of sp³-hybridized carbons (Fsp3) is 0.625. The third-order valence-corrected chi connectivity index (χ3v) is 2.20. The number of nitrogens with zero attached hydrogens (tertiary/aromatic N) is 1. The number of primary amides is 1. The van der Waals surface area contributed by atoms with Crippen molar-refractivity contribution in [3.8, 4) is 0 Å². The number of carbonyl (C=O) groups excluding carboxylic acids is 2. The van der Waals surface area contributed by atoms with E-state index in [1.54, 1.807) is 7.05 Å². The zero-order valence-electron chi connectivity index (χ0n) is 8.04. The van der Waals surface area contributed by atoms with Crippen molar-refractivity contribution in [3.05, 3.63) is 0 Å². The van der Waals surface area contributed by atoms with Crippen molar-refractivity contribution in [1.29, 1.82) is 0 Å². The molecule has 4 N–H and O–H groups in total. The first-order valence-electron chi connectivity index (χ1n) is 4.48. The molecule has 6 heteroatoms. The van der Waals surface area contributed by atoms with Gasteiger partial charge in [-0.2, -0.15) is 5.10 Å². The normalized spacial score (nSPS) is 23.5. The highest BCUT2D eigenvalue weighted by Gasteiger charge is 2.28. The van der Waals surface area contributed by atoms with Gasteiger partial charge in [-0.25, -0.2) is 10.2 Å². The van der Waals surface area contributed by atoms with Crippen LogP contribution < -0.4 is 16.5 Å². The maximum atomic E-state index is 11.3. The lowest BCUT2D eigenvalue weighted by atomic mass is 10.1. The fourth-order valence-electron chi connectivity index (χ4n) is 1.55. The Bertz CT molecular complexity index is 275. The Labute approximate surface area is 81.9 Å². The third kappa shape index (κ3) is 2.45. The Morgan fingerprint density at radius 2 is 2.29 bits per heavy atom. The van der Waals surface area contributed by atoms with E-state index in [-0.39, 0.29) is 11.8 Å². The van der Waals surface area contributed by atoms with E-state index in [9.17, 15) is 9.59 Å². The van der Waals surface area contributed by atoms with Crippen LogP contribution >= 0.6 is 0 Å². The lowest BCUT2D eigenvalue weighted by Crippen LogP contribution is -2.32. The largest absolute Gasteiger partial charge is 0.359 e. The lowest BCUT2D eigenvalue weighted by molar-refractivity contribution is -0.122. The van der Waals surface area contributed by atoms with Crippen LogP contribution in [0.1, 0.15) is 19.3 Å². The summed E-state index contributed by atoms with van der Waals surface area (Å²) in [7, 11) is 1.58. The molecule has 3 amide bonds. The van der Waals surface area contributed by atoms with Crippen LogP contribution in [-0.2, 0) is 4.79 Å². The Morgan fingerprint density at radius 1 is 1.57 bits per heavy atom. The van der Waals surface area contributed by atoms with Crippen LogP contribution in [0.3, 0.4) is 0 Å². The number of carbonyl (C=O) groups is 2. The molecule has 1 aliphatic carbocycles. The average Bonchev–Trinajstić information content (AvgIpc) is 2.61. The van der Waals surface area contributed by atoms with Gasteiger partial charge in [-0.3, -0.25) is 4.79 Å². The van der Waals surface area contributed by atoms with Crippen molar-refractivity contribution >= 4 is 17.6 Å². The quantitative estimate of drug-likeness (QED) is 0.524. The monoisotopic (exact) mass is 198 g/mol. The molecular formula is C8H14N4O2. The van der Waals surface area contributed by atoms with Gasteiger partial charge in [0.05, 0.1) is 11.6 Å². The van der Waals surface area contributed by atoms with Crippen molar-refractivity contribution in [2.24, 2.45) is 16.8 Å². The van der Waals surface area contributed by atoms with Gasteiger partial charge in [0.25, 0.3) is 0 Å². The Balaban J connectivity index is 2.63. The predicted molar refractivity (Wildman–Crippen MR) is 51.6 cm³/mol. The molecule has 1 unspecified atom stereocenters. The molecule has 1 rings (SSSR count). The fourth-order valence-corrected chi connectivity index (χ4v) is 1.55.